The normalized spacial score (nSPS) is 8.62. The Morgan fingerprint density at radius 2 is 2.25 bits per heavy atom. The Morgan fingerprint density at radius 1 is 1.50 bits per heavy atom. The molecule has 0 atom stereocenters. The summed E-state index contributed by atoms with van der Waals surface area (Å²) in [5, 5.41) is 0. The average Bonchev–Trinajstić information content (AvgIpc) is 1.64. The van der Waals surface area contributed by atoms with Gasteiger partial charge < -0.3 is 0 Å². The third-order valence-electron chi connectivity index (χ3n) is 0.849. The van der Waals surface area contributed by atoms with Gasteiger partial charge in [-0.25, -0.2) is 0 Å². The summed E-state index contributed by atoms with van der Waals surface area (Å²) in [5.41, 5.74) is 6.22. The van der Waals surface area contributed by atoms with Crippen molar-refractivity contribution in [2.75, 3.05) is 5.73 Å². The fourth-order valence-corrected chi connectivity index (χ4v) is 0.924. The first-order valence-corrected chi connectivity index (χ1v) is 3.09. The molecule has 0 saturated carbocycles. The number of anilines is 1. The Kier molecular flexibility index (Phi) is 1.68. The first-order valence-electron chi connectivity index (χ1n) is 2.30. The molecule has 0 bridgehead atoms. The molecule has 0 unspecified atom stereocenters. The maximum absolute atomic E-state index is 5.43. The van der Waals surface area contributed by atoms with Crippen LogP contribution in [-0.4, -0.2) is 6.91 Å². The van der Waals surface area contributed by atoms with Gasteiger partial charge in [-0.15, -0.1) is 0 Å². The van der Waals surface area contributed by atoms with E-state index in [9.17, 15) is 0 Å². The standard InChI is InChI=1S/C5H5BBrN/c7-4-1-5(8)3-6-2-4/h1-3H,8H2. The van der Waals surface area contributed by atoms with Crippen LogP contribution >= 0.6 is 15.9 Å². The molecule has 1 heterocycles. The van der Waals surface area contributed by atoms with Crippen LogP contribution < -0.4 is 5.73 Å². The van der Waals surface area contributed by atoms with Gasteiger partial charge in [0.25, 0.3) is 0 Å². The molecule has 3 heteroatoms. The Labute approximate surface area is 57.2 Å². The second-order valence-corrected chi connectivity index (χ2v) is 2.47. The fourth-order valence-electron chi connectivity index (χ4n) is 0.507. The molecule has 0 amide bonds. The number of hydrogen-bond donors (Lipinski definition) is 1. The van der Waals surface area contributed by atoms with Gasteiger partial charge in [-0.05, 0) is 0 Å². The number of rotatable bonds is 0. The van der Waals surface area contributed by atoms with Crippen LogP contribution in [0.2, 0.25) is 0 Å². The molecule has 0 spiro atoms. The quantitative estimate of drug-likeness (QED) is 0.624. The van der Waals surface area contributed by atoms with Crippen molar-refractivity contribution in [2.45, 2.75) is 0 Å². The third-order valence-corrected chi connectivity index (χ3v) is 1.34. The van der Waals surface area contributed by atoms with Crippen molar-refractivity contribution < 1.29 is 0 Å². The third kappa shape index (κ3) is 1.34. The van der Waals surface area contributed by atoms with Crippen LogP contribution in [0.3, 0.4) is 0 Å². The molecule has 40 valence electrons. The molecule has 8 heavy (non-hydrogen) atoms. The molecule has 0 fully saturated rings. The summed E-state index contributed by atoms with van der Waals surface area (Å²) in [6.07, 6.45) is 0. The van der Waals surface area contributed by atoms with E-state index in [4.69, 9.17) is 5.73 Å². The first kappa shape index (κ1) is 5.82. The SMILES string of the molecule is Nc1cbcc(Br)c1. The van der Waals surface area contributed by atoms with Gasteiger partial charge in [0.15, 0.2) is 0 Å². The van der Waals surface area contributed by atoms with Crippen LogP contribution in [0.5, 0.6) is 0 Å². The topological polar surface area (TPSA) is 26.0 Å². The zero-order chi connectivity index (χ0) is 5.98. The molecule has 0 aliphatic rings. The molecule has 0 aromatic carbocycles. The molecular formula is C5H5BBrN. The Balaban J connectivity index is 3.08. The van der Waals surface area contributed by atoms with E-state index >= 15 is 0 Å². The summed E-state index contributed by atoms with van der Waals surface area (Å²) >= 11 is 3.28. The predicted molar refractivity (Wildman–Crippen MR) is 39.9 cm³/mol. The fraction of sp³-hybridized carbons (Fsp3) is 0. The molecular weight excluding hydrogens is 165 g/mol. The summed E-state index contributed by atoms with van der Waals surface area (Å²) in [7, 11) is 0. The summed E-state index contributed by atoms with van der Waals surface area (Å²) in [5.74, 6) is 3.79. The zero-order valence-electron chi connectivity index (χ0n) is 4.26. The van der Waals surface area contributed by atoms with E-state index in [0.29, 0.717) is 0 Å². The van der Waals surface area contributed by atoms with Gasteiger partial charge in [0.05, 0.1) is 0 Å². The van der Waals surface area contributed by atoms with E-state index in [0.717, 1.165) is 10.2 Å². The van der Waals surface area contributed by atoms with Gasteiger partial charge in [-0.1, -0.05) is 0 Å². The summed E-state index contributed by atoms with van der Waals surface area (Å²) in [6.45, 7) is 1.90. The number of halogens is 1. The Hall–Kier alpha value is -0.305. The molecule has 1 aromatic rings. The summed E-state index contributed by atoms with van der Waals surface area (Å²) < 4.78 is 1.03. The van der Waals surface area contributed by atoms with Crippen LogP contribution in [0.25, 0.3) is 0 Å². The van der Waals surface area contributed by atoms with Gasteiger partial charge in [0.1, 0.15) is 0 Å². The molecule has 0 saturated heterocycles. The molecule has 1 aromatic heterocycles. The van der Waals surface area contributed by atoms with Crippen molar-refractivity contribution in [2.24, 2.45) is 0 Å². The van der Waals surface area contributed by atoms with Crippen LogP contribution in [-0.2, 0) is 0 Å². The van der Waals surface area contributed by atoms with Gasteiger partial charge >= 0.3 is 56.7 Å². The van der Waals surface area contributed by atoms with Gasteiger partial charge in [-0.2, -0.15) is 0 Å². The average molecular weight is 170 g/mol. The van der Waals surface area contributed by atoms with E-state index in [-0.39, 0.29) is 0 Å². The van der Waals surface area contributed by atoms with E-state index in [2.05, 4.69) is 15.9 Å². The molecule has 0 aliphatic heterocycles. The Bertz CT molecular complexity index is 172. The number of nitrogens with two attached hydrogens (primary N) is 1. The molecule has 0 aliphatic carbocycles. The minimum atomic E-state index is 0.791. The van der Waals surface area contributed by atoms with Gasteiger partial charge in [0, 0.05) is 0 Å². The molecule has 2 N–H and O–H groups in total. The van der Waals surface area contributed by atoms with Crippen molar-refractivity contribution >= 4 is 28.5 Å². The van der Waals surface area contributed by atoms with Crippen LogP contribution in [0, 0.1) is 0 Å². The second kappa shape index (κ2) is 2.31. The van der Waals surface area contributed by atoms with Crippen LogP contribution in [0.4, 0.5) is 5.69 Å². The van der Waals surface area contributed by atoms with Crippen LogP contribution in [0.15, 0.2) is 22.5 Å². The zero-order valence-corrected chi connectivity index (χ0v) is 5.85. The second-order valence-electron chi connectivity index (χ2n) is 1.56. The van der Waals surface area contributed by atoms with Crippen molar-refractivity contribution in [3.8, 4) is 0 Å². The Morgan fingerprint density at radius 3 is 2.62 bits per heavy atom. The first-order chi connectivity index (χ1) is 3.79. The van der Waals surface area contributed by atoms with Crippen molar-refractivity contribution in [3.05, 3.63) is 22.5 Å². The van der Waals surface area contributed by atoms with E-state index in [1.165, 1.54) is 0 Å². The molecule has 0 radical (unpaired) electrons. The van der Waals surface area contributed by atoms with Crippen molar-refractivity contribution in [1.29, 1.82) is 0 Å². The summed E-state index contributed by atoms with van der Waals surface area (Å²) in [4.78, 5) is 0. The monoisotopic (exact) mass is 169 g/mol. The van der Waals surface area contributed by atoms with E-state index < -0.39 is 0 Å². The van der Waals surface area contributed by atoms with Crippen molar-refractivity contribution in [1.82, 2.24) is 0 Å². The maximum atomic E-state index is 5.43. The number of nitrogen functional groups attached to an aromatic ring is 1. The van der Waals surface area contributed by atoms with Crippen LogP contribution in [0.1, 0.15) is 0 Å². The molecule has 1 nitrogen and oxygen atoms in total. The number of hydrogen-bond acceptors (Lipinski definition) is 1. The summed E-state index contributed by atoms with van der Waals surface area (Å²) in [6, 6.07) is 1.86. The van der Waals surface area contributed by atoms with Gasteiger partial charge in [0.2, 0.25) is 0 Å². The van der Waals surface area contributed by atoms with E-state index in [1.807, 2.05) is 24.9 Å². The predicted octanol–water partition coefficient (Wildman–Crippen LogP) is 1.37. The van der Waals surface area contributed by atoms with Crippen molar-refractivity contribution in [3.63, 3.8) is 0 Å². The van der Waals surface area contributed by atoms with E-state index in [1.54, 1.807) is 0 Å². The van der Waals surface area contributed by atoms with Gasteiger partial charge in [-0.3, -0.25) is 0 Å². The molecule has 1 rings (SSSR count). The minimum absolute atomic E-state index is 0.791.